The van der Waals surface area contributed by atoms with E-state index in [-0.39, 0.29) is 5.41 Å². The average molecular weight is 228 g/mol. The quantitative estimate of drug-likeness (QED) is 0.758. The van der Waals surface area contributed by atoms with Crippen molar-refractivity contribution in [1.82, 2.24) is 9.78 Å². The van der Waals surface area contributed by atoms with Gasteiger partial charge in [0.2, 0.25) is 0 Å². The Labute approximate surface area is 97.2 Å². The molecule has 0 aromatic carbocycles. The smallest absolute Gasteiger partial charge is 0.157 e. The molecule has 86 valence electrons. The van der Waals surface area contributed by atoms with Crippen molar-refractivity contribution in [2.45, 2.75) is 33.7 Å². The number of thiol groups is 1. The van der Waals surface area contributed by atoms with Crippen LogP contribution in [0.3, 0.4) is 0 Å². The van der Waals surface area contributed by atoms with Crippen molar-refractivity contribution in [3.05, 3.63) is 12.4 Å². The van der Waals surface area contributed by atoms with E-state index in [2.05, 4.69) is 38.5 Å². The number of aryl methyl sites for hydroxylation is 1. The van der Waals surface area contributed by atoms with Gasteiger partial charge in [-0.3, -0.25) is 4.68 Å². The Morgan fingerprint density at radius 1 is 1.53 bits per heavy atom. The van der Waals surface area contributed by atoms with Crippen LogP contribution in [0.5, 0.6) is 5.75 Å². The Morgan fingerprint density at radius 3 is 2.87 bits per heavy atom. The number of rotatable bonds is 6. The molecule has 0 amide bonds. The van der Waals surface area contributed by atoms with E-state index < -0.39 is 0 Å². The fourth-order valence-corrected chi connectivity index (χ4v) is 1.19. The first-order chi connectivity index (χ1) is 7.07. The van der Waals surface area contributed by atoms with Gasteiger partial charge in [0.05, 0.1) is 19.0 Å². The summed E-state index contributed by atoms with van der Waals surface area (Å²) >= 11 is 4.29. The molecule has 1 aromatic rings. The second kappa shape index (κ2) is 5.45. The fraction of sp³-hybridized carbons (Fsp3) is 0.727. The van der Waals surface area contributed by atoms with E-state index in [9.17, 15) is 0 Å². The summed E-state index contributed by atoms with van der Waals surface area (Å²) in [5, 5.41) is 4.20. The van der Waals surface area contributed by atoms with Crippen LogP contribution in [0.2, 0.25) is 0 Å². The van der Waals surface area contributed by atoms with E-state index in [0.717, 1.165) is 24.5 Å². The summed E-state index contributed by atoms with van der Waals surface area (Å²) in [7, 11) is 0. The minimum absolute atomic E-state index is 0.107. The summed E-state index contributed by atoms with van der Waals surface area (Å²) in [5.74, 6) is 1.66. The largest absolute Gasteiger partial charge is 0.490 e. The predicted molar refractivity (Wildman–Crippen MR) is 65.6 cm³/mol. The van der Waals surface area contributed by atoms with Gasteiger partial charge in [0.25, 0.3) is 0 Å². The molecule has 0 saturated heterocycles. The molecule has 1 aromatic heterocycles. The lowest BCUT2D eigenvalue weighted by molar-refractivity contribution is 0.202. The van der Waals surface area contributed by atoms with Gasteiger partial charge in [0, 0.05) is 12.0 Å². The maximum absolute atomic E-state index is 5.66. The fourth-order valence-electron chi connectivity index (χ4n) is 1.09. The molecule has 1 rings (SSSR count). The van der Waals surface area contributed by atoms with Gasteiger partial charge in [-0.2, -0.15) is 17.7 Å². The Balaban J connectivity index is 2.44. The third kappa shape index (κ3) is 4.16. The molecule has 0 saturated carbocycles. The van der Waals surface area contributed by atoms with E-state index >= 15 is 0 Å². The molecule has 0 spiro atoms. The minimum atomic E-state index is 0.107. The molecule has 3 nitrogen and oxygen atoms in total. The Morgan fingerprint density at radius 2 is 2.27 bits per heavy atom. The standard InChI is InChI=1S/C11H20N2OS/c1-4-5-13-7-10(6-12-13)14-8-11(2,3)9-15/h6-7,15H,4-5,8-9H2,1-3H3. The Bertz CT molecular complexity index is 297. The normalized spacial score (nSPS) is 11.7. The zero-order valence-electron chi connectivity index (χ0n) is 9.73. The van der Waals surface area contributed by atoms with Gasteiger partial charge in [0.15, 0.2) is 5.75 Å². The molecule has 0 atom stereocenters. The predicted octanol–water partition coefficient (Wildman–Crippen LogP) is 2.63. The first kappa shape index (κ1) is 12.4. The second-order valence-corrected chi connectivity index (χ2v) is 4.87. The minimum Gasteiger partial charge on any atom is -0.490 e. The molecule has 0 fully saturated rings. The van der Waals surface area contributed by atoms with Crippen molar-refractivity contribution in [3.63, 3.8) is 0 Å². The zero-order chi connectivity index (χ0) is 11.3. The van der Waals surface area contributed by atoms with Crippen LogP contribution >= 0.6 is 12.6 Å². The third-order valence-corrected chi connectivity index (χ3v) is 2.98. The number of nitrogens with zero attached hydrogens (tertiary/aromatic N) is 2. The molecule has 0 aliphatic rings. The Kier molecular flexibility index (Phi) is 4.51. The highest BCUT2D eigenvalue weighted by atomic mass is 32.1. The van der Waals surface area contributed by atoms with Crippen molar-refractivity contribution in [1.29, 1.82) is 0 Å². The second-order valence-electron chi connectivity index (χ2n) is 4.55. The van der Waals surface area contributed by atoms with E-state index in [1.165, 1.54) is 0 Å². The molecule has 0 unspecified atom stereocenters. The van der Waals surface area contributed by atoms with Crippen LogP contribution in [-0.2, 0) is 6.54 Å². The lowest BCUT2D eigenvalue weighted by Gasteiger charge is -2.21. The summed E-state index contributed by atoms with van der Waals surface area (Å²) in [4.78, 5) is 0. The summed E-state index contributed by atoms with van der Waals surface area (Å²) in [5.41, 5.74) is 0.107. The van der Waals surface area contributed by atoms with Crippen LogP contribution in [0.1, 0.15) is 27.2 Å². The SMILES string of the molecule is CCCn1cc(OCC(C)(C)CS)cn1. The van der Waals surface area contributed by atoms with E-state index in [1.54, 1.807) is 6.20 Å². The summed E-state index contributed by atoms with van der Waals surface area (Å²) in [6.07, 6.45) is 4.80. The first-order valence-corrected chi connectivity index (χ1v) is 5.97. The molecule has 0 N–H and O–H groups in total. The number of aromatic nitrogens is 2. The number of ether oxygens (including phenoxy) is 1. The maximum Gasteiger partial charge on any atom is 0.157 e. The van der Waals surface area contributed by atoms with Crippen LogP contribution in [0.25, 0.3) is 0 Å². The molecule has 0 aliphatic heterocycles. The molecular formula is C11H20N2OS. The Hall–Kier alpha value is -0.640. The molecule has 15 heavy (non-hydrogen) atoms. The lowest BCUT2D eigenvalue weighted by Crippen LogP contribution is -2.22. The van der Waals surface area contributed by atoms with Gasteiger partial charge < -0.3 is 4.74 Å². The van der Waals surface area contributed by atoms with Crippen LogP contribution in [-0.4, -0.2) is 22.1 Å². The van der Waals surface area contributed by atoms with E-state index in [4.69, 9.17) is 4.74 Å². The van der Waals surface area contributed by atoms with Crippen LogP contribution in [0, 0.1) is 5.41 Å². The van der Waals surface area contributed by atoms with Gasteiger partial charge >= 0.3 is 0 Å². The van der Waals surface area contributed by atoms with Crippen LogP contribution < -0.4 is 4.74 Å². The first-order valence-electron chi connectivity index (χ1n) is 5.33. The molecule has 1 heterocycles. The summed E-state index contributed by atoms with van der Waals surface area (Å²) in [6.45, 7) is 8.02. The van der Waals surface area contributed by atoms with Crippen molar-refractivity contribution < 1.29 is 4.74 Å². The zero-order valence-corrected chi connectivity index (χ0v) is 10.6. The average Bonchev–Trinajstić information content (AvgIpc) is 2.64. The molecular weight excluding hydrogens is 208 g/mol. The maximum atomic E-state index is 5.66. The topological polar surface area (TPSA) is 27.1 Å². The van der Waals surface area contributed by atoms with Gasteiger partial charge in [-0.1, -0.05) is 20.8 Å². The van der Waals surface area contributed by atoms with Crippen LogP contribution in [0.15, 0.2) is 12.4 Å². The van der Waals surface area contributed by atoms with Crippen molar-refractivity contribution >= 4 is 12.6 Å². The van der Waals surface area contributed by atoms with Crippen molar-refractivity contribution in [2.24, 2.45) is 5.41 Å². The number of hydrogen-bond donors (Lipinski definition) is 1. The van der Waals surface area contributed by atoms with Gasteiger partial charge in [0.1, 0.15) is 0 Å². The van der Waals surface area contributed by atoms with Crippen molar-refractivity contribution in [3.8, 4) is 5.75 Å². The molecule has 0 aliphatic carbocycles. The molecule has 0 bridgehead atoms. The molecule has 4 heteroatoms. The highest BCUT2D eigenvalue weighted by molar-refractivity contribution is 7.80. The van der Waals surface area contributed by atoms with Crippen molar-refractivity contribution in [2.75, 3.05) is 12.4 Å². The lowest BCUT2D eigenvalue weighted by atomic mass is 9.98. The van der Waals surface area contributed by atoms with Crippen LogP contribution in [0.4, 0.5) is 0 Å². The number of hydrogen-bond acceptors (Lipinski definition) is 3. The highest BCUT2D eigenvalue weighted by Gasteiger charge is 2.16. The van der Waals surface area contributed by atoms with Gasteiger partial charge in [-0.15, -0.1) is 0 Å². The van der Waals surface area contributed by atoms with Gasteiger partial charge in [-0.05, 0) is 12.2 Å². The monoisotopic (exact) mass is 228 g/mol. The highest BCUT2D eigenvalue weighted by Crippen LogP contribution is 2.19. The summed E-state index contributed by atoms with van der Waals surface area (Å²) in [6, 6.07) is 0. The van der Waals surface area contributed by atoms with E-state index in [0.29, 0.717) is 6.61 Å². The molecule has 0 radical (unpaired) electrons. The summed E-state index contributed by atoms with van der Waals surface area (Å²) < 4.78 is 7.56. The van der Waals surface area contributed by atoms with Gasteiger partial charge in [-0.25, -0.2) is 0 Å². The van der Waals surface area contributed by atoms with E-state index in [1.807, 2.05) is 10.9 Å². The third-order valence-electron chi connectivity index (χ3n) is 2.12.